The van der Waals surface area contributed by atoms with Crippen molar-refractivity contribution in [1.29, 1.82) is 0 Å². The fourth-order valence-corrected chi connectivity index (χ4v) is 2.21. The zero-order valence-electron chi connectivity index (χ0n) is 11.5. The van der Waals surface area contributed by atoms with Gasteiger partial charge in [0.2, 0.25) is 5.91 Å². The molecule has 0 heterocycles. The summed E-state index contributed by atoms with van der Waals surface area (Å²) in [6.07, 6.45) is 0. The topological polar surface area (TPSA) is 72.2 Å². The first-order chi connectivity index (χ1) is 10.4. The highest BCUT2D eigenvalue weighted by molar-refractivity contribution is 6.35. The number of anilines is 1. The van der Waals surface area contributed by atoms with Gasteiger partial charge in [0.25, 0.3) is 5.69 Å². The van der Waals surface area contributed by atoms with E-state index in [0.717, 1.165) is 0 Å². The lowest BCUT2D eigenvalue weighted by Gasteiger charge is -2.13. The van der Waals surface area contributed by atoms with Crippen LogP contribution in [-0.4, -0.2) is 10.8 Å². The zero-order valence-corrected chi connectivity index (χ0v) is 13.1. The van der Waals surface area contributed by atoms with Crippen molar-refractivity contribution in [3.8, 4) is 0 Å². The molecule has 0 saturated heterocycles. The van der Waals surface area contributed by atoms with Crippen molar-refractivity contribution >= 4 is 40.5 Å². The summed E-state index contributed by atoms with van der Waals surface area (Å²) in [6.45, 7) is 1.70. The summed E-state index contributed by atoms with van der Waals surface area (Å²) in [6, 6.07) is 10.6. The van der Waals surface area contributed by atoms with Gasteiger partial charge in [-0.15, -0.1) is 0 Å². The van der Waals surface area contributed by atoms with Gasteiger partial charge in [-0.2, -0.15) is 0 Å². The number of nitro groups is 1. The van der Waals surface area contributed by atoms with Crippen LogP contribution in [0.25, 0.3) is 0 Å². The van der Waals surface area contributed by atoms with Crippen LogP contribution in [0.15, 0.2) is 42.5 Å². The Morgan fingerprint density at radius 1 is 1.18 bits per heavy atom. The first-order valence-electron chi connectivity index (χ1n) is 6.38. The van der Waals surface area contributed by atoms with Crippen molar-refractivity contribution in [3.05, 3.63) is 68.2 Å². The minimum Gasteiger partial charge on any atom is -0.324 e. The number of amides is 1. The minimum atomic E-state index is -0.490. The van der Waals surface area contributed by atoms with Gasteiger partial charge < -0.3 is 5.32 Å². The van der Waals surface area contributed by atoms with E-state index in [9.17, 15) is 14.9 Å². The SMILES string of the molecule is CC(C(=O)Nc1cc(Cl)ccc1Cl)c1ccc([N+](=O)[O-])cc1. The first-order valence-corrected chi connectivity index (χ1v) is 7.14. The zero-order chi connectivity index (χ0) is 16.3. The number of halogens is 2. The van der Waals surface area contributed by atoms with Crippen LogP contribution in [0.4, 0.5) is 11.4 Å². The molecule has 2 aromatic rings. The Balaban J connectivity index is 2.15. The van der Waals surface area contributed by atoms with E-state index in [0.29, 0.717) is 21.3 Å². The van der Waals surface area contributed by atoms with E-state index in [4.69, 9.17) is 23.2 Å². The second-order valence-corrected chi connectivity index (χ2v) is 5.53. The molecule has 2 aromatic carbocycles. The first kappa shape index (κ1) is 16.3. The second-order valence-electron chi connectivity index (χ2n) is 4.68. The second kappa shape index (κ2) is 6.77. The molecule has 0 bridgehead atoms. The summed E-state index contributed by atoms with van der Waals surface area (Å²) < 4.78 is 0. The van der Waals surface area contributed by atoms with E-state index < -0.39 is 10.8 Å². The molecule has 0 aliphatic rings. The van der Waals surface area contributed by atoms with Crippen LogP contribution >= 0.6 is 23.2 Å². The van der Waals surface area contributed by atoms with Crippen molar-refractivity contribution in [2.24, 2.45) is 0 Å². The van der Waals surface area contributed by atoms with Crippen LogP contribution < -0.4 is 5.32 Å². The number of benzene rings is 2. The Morgan fingerprint density at radius 2 is 1.82 bits per heavy atom. The summed E-state index contributed by atoms with van der Waals surface area (Å²) in [7, 11) is 0. The third-order valence-electron chi connectivity index (χ3n) is 3.18. The summed E-state index contributed by atoms with van der Waals surface area (Å²) in [4.78, 5) is 22.4. The normalized spacial score (nSPS) is 11.8. The average Bonchev–Trinajstić information content (AvgIpc) is 2.50. The smallest absolute Gasteiger partial charge is 0.269 e. The summed E-state index contributed by atoms with van der Waals surface area (Å²) in [5, 5.41) is 14.2. The molecule has 0 aliphatic carbocycles. The number of nitrogens with zero attached hydrogens (tertiary/aromatic N) is 1. The predicted molar refractivity (Wildman–Crippen MR) is 86.6 cm³/mol. The van der Waals surface area contributed by atoms with Gasteiger partial charge in [0.15, 0.2) is 0 Å². The van der Waals surface area contributed by atoms with E-state index in [2.05, 4.69) is 5.32 Å². The van der Waals surface area contributed by atoms with Crippen LogP contribution in [0, 0.1) is 10.1 Å². The van der Waals surface area contributed by atoms with Crippen LogP contribution in [-0.2, 0) is 4.79 Å². The van der Waals surface area contributed by atoms with Gasteiger partial charge in [0.1, 0.15) is 0 Å². The number of carbonyl (C=O) groups excluding carboxylic acids is 1. The van der Waals surface area contributed by atoms with Crippen molar-refractivity contribution in [2.75, 3.05) is 5.32 Å². The van der Waals surface area contributed by atoms with Gasteiger partial charge in [-0.25, -0.2) is 0 Å². The highest BCUT2D eigenvalue weighted by atomic mass is 35.5. The molecule has 0 saturated carbocycles. The van der Waals surface area contributed by atoms with Gasteiger partial charge in [0.05, 0.1) is 21.6 Å². The average molecular weight is 339 g/mol. The lowest BCUT2D eigenvalue weighted by atomic mass is 10.00. The highest BCUT2D eigenvalue weighted by Crippen LogP contribution is 2.27. The minimum absolute atomic E-state index is 0.0192. The molecule has 0 radical (unpaired) electrons. The molecule has 114 valence electrons. The molecule has 1 atom stereocenters. The molecule has 1 unspecified atom stereocenters. The fraction of sp³-hybridized carbons (Fsp3) is 0.133. The molecular formula is C15H12Cl2N2O3. The van der Waals surface area contributed by atoms with E-state index in [1.54, 1.807) is 37.3 Å². The number of hydrogen-bond acceptors (Lipinski definition) is 3. The van der Waals surface area contributed by atoms with Gasteiger partial charge in [0, 0.05) is 17.2 Å². The van der Waals surface area contributed by atoms with Crippen molar-refractivity contribution < 1.29 is 9.72 Å². The lowest BCUT2D eigenvalue weighted by Crippen LogP contribution is -2.19. The van der Waals surface area contributed by atoms with E-state index in [-0.39, 0.29) is 11.6 Å². The maximum absolute atomic E-state index is 12.2. The Morgan fingerprint density at radius 3 is 2.41 bits per heavy atom. The Bertz CT molecular complexity index is 717. The van der Waals surface area contributed by atoms with Crippen LogP contribution in [0.5, 0.6) is 0 Å². The molecule has 2 rings (SSSR count). The molecule has 22 heavy (non-hydrogen) atoms. The van der Waals surface area contributed by atoms with Crippen LogP contribution in [0.2, 0.25) is 10.0 Å². The molecule has 7 heteroatoms. The number of nitro benzene ring substituents is 1. The van der Waals surface area contributed by atoms with Crippen LogP contribution in [0.3, 0.4) is 0 Å². The van der Waals surface area contributed by atoms with E-state index >= 15 is 0 Å². The van der Waals surface area contributed by atoms with Gasteiger partial charge >= 0.3 is 0 Å². The lowest BCUT2D eigenvalue weighted by molar-refractivity contribution is -0.384. The molecule has 5 nitrogen and oxygen atoms in total. The Kier molecular flexibility index (Phi) is 5.00. The van der Waals surface area contributed by atoms with E-state index in [1.165, 1.54) is 12.1 Å². The largest absolute Gasteiger partial charge is 0.324 e. The maximum Gasteiger partial charge on any atom is 0.269 e. The van der Waals surface area contributed by atoms with Crippen molar-refractivity contribution in [3.63, 3.8) is 0 Å². The van der Waals surface area contributed by atoms with Gasteiger partial charge in [-0.1, -0.05) is 35.3 Å². The summed E-state index contributed by atoms with van der Waals surface area (Å²) in [5.41, 5.74) is 1.07. The monoisotopic (exact) mass is 338 g/mol. The number of rotatable bonds is 4. The summed E-state index contributed by atoms with van der Waals surface area (Å²) >= 11 is 11.9. The predicted octanol–water partition coefficient (Wildman–Crippen LogP) is 4.64. The van der Waals surface area contributed by atoms with Crippen molar-refractivity contribution in [1.82, 2.24) is 0 Å². The van der Waals surface area contributed by atoms with E-state index in [1.807, 2.05) is 0 Å². The number of non-ortho nitro benzene ring substituents is 1. The fourth-order valence-electron chi connectivity index (χ4n) is 1.87. The standard InChI is InChI=1S/C15H12Cl2N2O3/c1-9(10-2-5-12(6-3-10)19(21)22)15(20)18-14-8-11(16)4-7-13(14)17/h2-9H,1H3,(H,18,20). The van der Waals surface area contributed by atoms with Gasteiger partial charge in [-0.3, -0.25) is 14.9 Å². The molecule has 1 N–H and O–H groups in total. The van der Waals surface area contributed by atoms with Gasteiger partial charge in [-0.05, 0) is 30.7 Å². The third-order valence-corrected chi connectivity index (χ3v) is 3.75. The molecule has 1 amide bonds. The molecule has 0 fully saturated rings. The number of nitrogens with one attached hydrogen (secondary N) is 1. The Labute approximate surface area is 137 Å². The quantitative estimate of drug-likeness (QED) is 0.651. The summed E-state index contributed by atoms with van der Waals surface area (Å²) in [5.74, 6) is -0.770. The number of hydrogen-bond donors (Lipinski definition) is 1. The molecule has 0 aliphatic heterocycles. The Hall–Kier alpha value is -2.11. The van der Waals surface area contributed by atoms with Crippen molar-refractivity contribution in [2.45, 2.75) is 12.8 Å². The molecular weight excluding hydrogens is 327 g/mol. The highest BCUT2D eigenvalue weighted by Gasteiger charge is 2.17. The molecule has 0 spiro atoms. The maximum atomic E-state index is 12.2. The van der Waals surface area contributed by atoms with Crippen LogP contribution in [0.1, 0.15) is 18.4 Å². The third kappa shape index (κ3) is 3.75. The number of carbonyl (C=O) groups is 1. The molecule has 0 aromatic heterocycles.